The summed E-state index contributed by atoms with van der Waals surface area (Å²) in [4.78, 5) is 10.2. The van der Waals surface area contributed by atoms with Crippen LogP contribution in [0.25, 0.3) is 0 Å². The first-order valence-electron chi connectivity index (χ1n) is 5.38. The van der Waals surface area contributed by atoms with Gasteiger partial charge in [0.25, 0.3) is 0 Å². The molecule has 0 aromatic rings. The smallest absolute Gasteiger partial charge is 0.330 e. The van der Waals surface area contributed by atoms with Crippen molar-refractivity contribution in [2.75, 3.05) is 26.4 Å². The van der Waals surface area contributed by atoms with Crippen LogP contribution in [0.2, 0.25) is 0 Å². The number of aliphatic hydroxyl groups excluding tert-OH is 3. The summed E-state index contributed by atoms with van der Waals surface area (Å²) in [6.45, 7) is 6.97. The van der Waals surface area contributed by atoms with Gasteiger partial charge in [-0.05, 0) is 12.8 Å². The Morgan fingerprint density at radius 1 is 1.24 bits per heavy atom. The van der Waals surface area contributed by atoms with E-state index in [0.717, 1.165) is 6.08 Å². The Kier molecular flexibility index (Phi) is 15.9. The van der Waals surface area contributed by atoms with Crippen molar-refractivity contribution in [3.05, 3.63) is 25.3 Å². The molecule has 0 radical (unpaired) electrons. The number of aliphatic hydroxyl groups is 3. The van der Waals surface area contributed by atoms with E-state index < -0.39 is 5.97 Å². The highest BCUT2D eigenvalue weighted by Crippen LogP contribution is 2.02. The molecule has 3 N–H and O–H groups in total. The molecular weight excluding hydrogens is 224 g/mol. The fourth-order valence-corrected chi connectivity index (χ4v) is 0.820. The number of ether oxygens (including phenoxy) is 1. The average molecular weight is 246 g/mol. The minimum absolute atomic E-state index is 0.0104. The van der Waals surface area contributed by atoms with Crippen LogP contribution in [0, 0.1) is 5.92 Å². The van der Waals surface area contributed by atoms with Crippen LogP contribution >= 0.6 is 0 Å². The number of carbonyl (C=O) groups excluding carboxylic acids is 1. The van der Waals surface area contributed by atoms with Gasteiger partial charge in [0.05, 0.1) is 0 Å². The van der Waals surface area contributed by atoms with E-state index in [1.54, 1.807) is 0 Å². The molecule has 100 valence electrons. The third-order valence-corrected chi connectivity index (χ3v) is 1.80. The van der Waals surface area contributed by atoms with Crippen molar-refractivity contribution >= 4 is 5.97 Å². The molecule has 17 heavy (non-hydrogen) atoms. The van der Waals surface area contributed by atoms with Gasteiger partial charge in [-0.2, -0.15) is 0 Å². The van der Waals surface area contributed by atoms with Crippen molar-refractivity contribution in [1.29, 1.82) is 0 Å². The van der Waals surface area contributed by atoms with Gasteiger partial charge in [-0.3, -0.25) is 0 Å². The Morgan fingerprint density at radius 3 is 2.18 bits per heavy atom. The maximum atomic E-state index is 10.2. The van der Waals surface area contributed by atoms with Crippen LogP contribution in [0.4, 0.5) is 0 Å². The van der Waals surface area contributed by atoms with E-state index in [1.165, 1.54) is 6.08 Å². The summed E-state index contributed by atoms with van der Waals surface area (Å²) >= 11 is 0. The normalized spacial score (nSPS) is 9.18. The van der Waals surface area contributed by atoms with Crippen molar-refractivity contribution < 1.29 is 24.9 Å². The minimum atomic E-state index is -0.412. The van der Waals surface area contributed by atoms with Crippen molar-refractivity contribution in [2.45, 2.75) is 12.8 Å². The van der Waals surface area contributed by atoms with Crippen molar-refractivity contribution in [2.24, 2.45) is 5.92 Å². The van der Waals surface area contributed by atoms with Gasteiger partial charge in [0.2, 0.25) is 0 Å². The van der Waals surface area contributed by atoms with Gasteiger partial charge in [-0.1, -0.05) is 19.2 Å². The lowest BCUT2D eigenvalue weighted by Crippen LogP contribution is -2.11. The number of hydrogen-bond donors (Lipinski definition) is 3. The number of rotatable bonds is 8. The van der Waals surface area contributed by atoms with Gasteiger partial charge in [-0.25, -0.2) is 4.79 Å². The lowest BCUT2D eigenvalue weighted by Gasteiger charge is -2.07. The molecule has 0 saturated heterocycles. The minimum Gasteiger partial charge on any atom is -0.458 e. The Morgan fingerprint density at radius 2 is 1.82 bits per heavy atom. The standard InChI is InChI=1S/C6H14O3.C6H8O2/c7-3-1-2-6(4-8)5-9;1-3-5-8-6(7)4-2/h6-9H,1-5H2;3-4H,1-2,5H2. The van der Waals surface area contributed by atoms with Crippen LogP contribution in [-0.4, -0.2) is 47.7 Å². The number of esters is 1. The van der Waals surface area contributed by atoms with E-state index in [0.29, 0.717) is 12.8 Å². The largest absolute Gasteiger partial charge is 0.458 e. The highest BCUT2D eigenvalue weighted by Gasteiger charge is 2.03. The molecule has 5 heteroatoms. The van der Waals surface area contributed by atoms with Crippen molar-refractivity contribution in [3.63, 3.8) is 0 Å². The quantitative estimate of drug-likeness (QED) is 0.325. The van der Waals surface area contributed by atoms with E-state index in [2.05, 4.69) is 17.9 Å². The zero-order chi connectivity index (χ0) is 13.5. The molecule has 0 aliphatic carbocycles. The summed E-state index contributed by atoms with van der Waals surface area (Å²) in [5.74, 6) is -0.456. The SMILES string of the molecule is C=CCOC(=O)C=C.OCCCC(CO)CO. The fraction of sp³-hybridized carbons (Fsp3) is 0.583. The second-order valence-electron chi connectivity index (χ2n) is 3.22. The molecule has 0 aliphatic heterocycles. The van der Waals surface area contributed by atoms with Crippen LogP contribution in [0.15, 0.2) is 25.3 Å². The monoisotopic (exact) mass is 246 g/mol. The Labute approximate surface area is 102 Å². The lowest BCUT2D eigenvalue weighted by molar-refractivity contribution is -0.136. The van der Waals surface area contributed by atoms with E-state index in [1.807, 2.05) is 0 Å². The van der Waals surface area contributed by atoms with Gasteiger partial charge in [0.1, 0.15) is 6.61 Å². The number of carbonyl (C=O) groups is 1. The Bertz CT molecular complexity index is 199. The van der Waals surface area contributed by atoms with Crippen LogP contribution < -0.4 is 0 Å². The molecule has 5 nitrogen and oxygen atoms in total. The summed E-state index contributed by atoms with van der Waals surface area (Å²) in [5, 5.41) is 25.4. The summed E-state index contributed by atoms with van der Waals surface area (Å²) in [6, 6.07) is 0. The van der Waals surface area contributed by atoms with E-state index >= 15 is 0 Å². The maximum absolute atomic E-state index is 10.2. The topological polar surface area (TPSA) is 87.0 Å². The van der Waals surface area contributed by atoms with Crippen molar-refractivity contribution in [3.8, 4) is 0 Å². The van der Waals surface area contributed by atoms with Crippen LogP contribution in [0.5, 0.6) is 0 Å². The first-order chi connectivity index (χ1) is 8.15. The molecule has 0 bridgehead atoms. The summed E-state index contributed by atoms with van der Waals surface area (Å²) < 4.78 is 4.47. The molecule has 0 heterocycles. The first-order valence-corrected chi connectivity index (χ1v) is 5.38. The molecule has 0 fully saturated rings. The molecule has 0 atom stereocenters. The second kappa shape index (κ2) is 14.8. The predicted molar refractivity (Wildman–Crippen MR) is 65.3 cm³/mol. The molecule has 0 aliphatic rings. The maximum Gasteiger partial charge on any atom is 0.330 e. The molecule has 0 rings (SSSR count). The third-order valence-electron chi connectivity index (χ3n) is 1.80. The Hall–Kier alpha value is -1.17. The highest BCUT2D eigenvalue weighted by molar-refractivity contribution is 5.81. The molecule has 0 saturated carbocycles. The molecule has 0 aromatic carbocycles. The zero-order valence-electron chi connectivity index (χ0n) is 10.0. The van der Waals surface area contributed by atoms with Crippen LogP contribution in [0.3, 0.4) is 0 Å². The summed E-state index contributed by atoms with van der Waals surface area (Å²) in [6.07, 6.45) is 3.97. The van der Waals surface area contributed by atoms with E-state index in [9.17, 15) is 4.79 Å². The lowest BCUT2D eigenvalue weighted by atomic mass is 10.1. The highest BCUT2D eigenvalue weighted by atomic mass is 16.5. The summed E-state index contributed by atoms with van der Waals surface area (Å²) in [7, 11) is 0. The van der Waals surface area contributed by atoms with Gasteiger partial charge in [0, 0.05) is 31.8 Å². The molecule has 0 spiro atoms. The van der Waals surface area contributed by atoms with E-state index in [-0.39, 0.29) is 32.3 Å². The van der Waals surface area contributed by atoms with Crippen molar-refractivity contribution in [1.82, 2.24) is 0 Å². The zero-order valence-corrected chi connectivity index (χ0v) is 10.0. The van der Waals surface area contributed by atoms with Gasteiger partial charge >= 0.3 is 5.97 Å². The molecule has 0 aromatic heterocycles. The molecule has 0 amide bonds. The van der Waals surface area contributed by atoms with Crippen LogP contribution in [-0.2, 0) is 9.53 Å². The molecule has 0 unspecified atom stereocenters. The van der Waals surface area contributed by atoms with Gasteiger partial charge in [-0.15, -0.1) is 0 Å². The third kappa shape index (κ3) is 14.8. The van der Waals surface area contributed by atoms with Gasteiger partial charge < -0.3 is 20.1 Å². The fourth-order valence-electron chi connectivity index (χ4n) is 0.820. The predicted octanol–water partition coefficient (Wildman–Crippen LogP) is 0.261. The molecular formula is C12H22O5. The van der Waals surface area contributed by atoms with E-state index in [4.69, 9.17) is 15.3 Å². The van der Waals surface area contributed by atoms with Gasteiger partial charge in [0.15, 0.2) is 0 Å². The first kappa shape index (κ1) is 18.2. The van der Waals surface area contributed by atoms with Crippen LogP contribution in [0.1, 0.15) is 12.8 Å². The second-order valence-corrected chi connectivity index (χ2v) is 3.22. The number of hydrogen-bond acceptors (Lipinski definition) is 5. The average Bonchev–Trinajstić information content (AvgIpc) is 2.38. The summed E-state index contributed by atoms with van der Waals surface area (Å²) in [5.41, 5.74) is 0. The Balaban J connectivity index is 0.